The summed E-state index contributed by atoms with van der Waals surface area (Å²) in [6, 6.07) is 13.7. The average Bonchev–Trinajstić information content (AvgIpc) is 2.42. The molecule has 1 heterocycles. The Morgan fingerprint density at radius 3 is 2.79 bits per heavy atom. The first-order chi connectivity index (χ1) is 9.24. The van der Waals surface area contributed by atoms with E-state index in [1.54, 1.807) is 18.0 Å². The Morgan fingerprint density at radius 1 is 1.05 bits per heavy atom. The zero-order valence-electron chi connectivity index (χ0n) is 10.0. The van der Waals surface area contributed by atoms with Crippen molar-refractivity contribution in [1.82, 2.24) is 4.98 Å². The highest BCUT2D eigenvalue weighted by molar-refractivity contribution is 7.99. The van der Waals surface area contributed by atoms with Crippen LogP contribution in [0.15, 0.2) is 64.6 Å². The first kappa shape index (κ1) is 12.3. The molecule has 0 unspecified atom stereocenters. The summed E-state index contributed by atoms with van der Waals surface area (Å²) in [7, 11) is 0. The van der Waals surface area contributed by atoms with Gasteiger partial charge in [-0.2, -0.15) is 0 Å². The Morgan fingerprint density at radius 2 is 1.95 bits per heavy atom. The fourth-order valence-electron chi connectivity index (χ4n) is 1.93. The zero-order chi connectivity index (χ0) is 13.2. The molecule has 0 amide bonds. The maximum absolute atomic E-state index is 6.01. The van der Waals surface area contributed by atoms with E-state index >= 15 is 0 Å². The number of nitrogen functional groups attached to an aromatic ring is 1. The van der Waals surface area contributed by atoms with Crippen LogP contribution in [0, 0.1) is 0 Å². The second-order valence-electron chi connectivity index (χ2n) is 4.13. The maximum atomic E-state index is 6.01. The maximum Gasteiger partial charge on any atom is 0.0417 e. The van der Waals surface area contributed by atoms with Crippen LogP contribution >= 0.6 is 23.4 Å². The number of halogens is 1. The molecule has 0 radical (unpaired) electrons. The van der Waals surface area contributed by atoms with Crippen LogP contribution in [-0.4, -0.2) is 4.98 Å². The Bertz CT molecular complexity index is 743. The van der Waals surface area contributed by atoms with Crippen molar-refractivity contribution in [1.29, 1.82) is 0 Å². The fraction of sp³-hybridized carbons (Fsp3) is 0. The predicted octanol–water partition coefficient (Wildman–Crippen LogP) is 4.62. The van der Waals surface area contributed by atoms with E-state index in [1.165, 1.54) is 0 Å². The van der Waals surface area contributed by atoms with Gasteiger partial charge in [-0.3, -0.25) is 4.98 Å². The van der Waals surface area contributed by atoms with Gasteiger partial charge in [0.2, 0.25) is 0 Å². The van der Waals surface area contributed by atoms with E-state index in [9.17, 15) is 0 Å². The third-order valence-corrected chi connectivity index (χ3v) is 4.14. The molecule has 3 aromatic rings. The molecule has 19 heavy (non-hydrogen) atoms. The van der Waals surface area contributed by atoms with Crippen LogP contribution in [-0.2, 0) is 0 Å². The minimum atomic E-state index is 0.739. The van der Waals surface area contributed by atoms with E-state index in [4.69, 9.17) is 17.3 Å². The number of benzene rings is 2. The summed E-state index contributed by atoms with van der Waals surface area (Å²) in [6.45, 7) is 0. The molecular weight excluding hydrogens is 276 g/mol. The topological polar surface area (TPSA) is 38.9 Å². The Hall–Kier alpha value is -1.71. The van der Waals surface area contributed by atoms with E-state index in [0.717, 1.165) is 31.3 Å². The van der Waals surface area contributed by atoms with Gasteiger partial charge in [0.05, 0.1) is 0 Å². The molecule has 94 valence electrons. The molecule has 3 rings (SSSR count). The van der Waals surface area contributed by atoms with E-state index in [1.807, 2.05) is 48.7 Å². The summed E-state index contributed by atoms with van der Waals surface area (Å²) in [5.41, 5.74) is 6.76. The highest BCUT2D eigenvalue weighted by atomic mass is 35.5. The zero-order valence-corrected chi connectivity index (χ0v) is 11.6. The molecule has 4 heteroatoms. The molecule has 0 aliphatic heterocycles. The van der Waals surface area contributed by atoms with Crippen molar-refractivity contribution < 1.29 is 0 Å². The van der Waals surface area contributed by atoms with Crippen LogP contribution in [0.2, 0.25) is 5.02 Å². The summed E-state index contributed by atoms with van der Waals surface area (Å²) in [5.74, 6) is 0. The Labute approximate surface area is 120 Å². The molecule has 2 N–H and O–H groups in total. The van der Waals surface area contributed by atoms with Crippen LogP contribution in [0.5, 0.6) is 0 Å². The van der Waals surface area contributed by atoms with Gasteiger partial charge in [0, 0.05) is 43.7 Å². The summed E-state index contributed by atoms with van der Waals surface area (Å²) >= 11 is 7.67. The lowest BCUT2D eigenvalue weighted by molar-refractivity contribution is 1.34. The first-order valence-electron chi connectivity index (χ1n) is 5.80. The number of nitrogens with two attached hydrogens (primary N) is 1. The summed E-state index contributed by atoms with van der Waals surface area (Å²) in [4.78, 5) is 6.40. The van der Waals surface area contributed by atoms with Gasteiger partial charge in [0.25, 0.3) is 0 Å². The Balaban J connectivity index is 2.09. The summed E-state index contributed by atoms with van der Waals surface area (Å²) in [6.07, 6.45) is 3.60. The van der Waals surface area contributed by atoms with Crippen molar-refractivity contribution in [3.8, 4) is 0 Å². The largest absolute Gasteiger partial charge is 0.398 e. The first-order valence-corrected chi connectivity index (χ1v) is 6.99. The predicted molar refractivity (Wildman–Crippen MR) is 81.7 cm³/mol. The van der Waals surface area contributed by atoms with Crippen LogP contribution < -0.4 is 5.73 Å². The normalized spacial score (nSPS) is 10.8. The number of hydrogen-bond donors (Lipinski definition) is 1. The van der Waals surface area contributed by atoms with Gasteiger partial charge in [-0.25, -0.2) is 0 Å². The molecule has 2 aromatic carbocycles. The van der Waals surface area contributed by atoms with Gasteiger partial charge in [-0.1, -0.05) is 29.4 Å². The van der Waals surface area contributed by atoms with Gasteiger partial charge in [-0.05, 0) is 36.4 Å². The summed E-state index contributed by atoms with van der Waals surface area (Å²) in [5, 5.41) is 2.83. The molecule has 0 fully saturated rings. The second-order valence-corrected chi connectivity index (χ2v) is 5.69. The molecule has 0 atom stereocenters. The standard InChI is InChI=1S/C15H11ClN2S/c16-10-2-1-3-11(8-10)19-15-5-4-14(17)12-6-7-18-9-13(12)15/h1-9H,17H2. The van der Waals surface area contributed by atoms with Gasteiger partial charge in [-0.15, -0.1) is 0 Å². The fourth-order valence-corrected chi connectivity index (χ4v) is 3.18. The number of anilines is 1. The molecule has 0 spiro atoms. The lowest BCUT2D eigenvalue weighted by atomic mass is 10.1. The van der Waals surface area contributed by atoms with Gasteiger partial charge >= 0.3 is 0 Å². The highest BCUT2D eigenvalue weighted by Crippen LogP contribution is 2.35. The number of aromatic nitrogens is 1. The molecule has 0 aliphatic rings. The van der Waals surface area contributed by atoms with E-state index < -0.39 is 0 Å². The van der Waals surface area contributed by atoms with E-state index in [0.29, 0.717) is 0 Å². The van der Waals surface area contributed by atoms with Gasteiger partial charge < -0.3 is 5.73 Å². The molecule has 0 saturated heterocycles. The minimum absolute atomic E-state index is 0.739. The lowest BCUT2D eigenvalue weighted by Crippen LogP contribution is -1.88. The molecule has 2 nitrogen and oxygen atoms in total. The lowest BCUT2D eigenvalue weighted by Gasteiger charge is -2.08. The van der Waals surface area contributed by atoms with Crippen molar-refractivity contribution >= 4 is 39.8 Å². The molecular formula is C15H11ClN2S. The highest BCUT2D eigenvalue weighted by Gasteiger charge is 2.06. The van der Waals surface area contributed by atoms with Gasteiger partial charge in [0.1, 0.15) is 0 Å². The minimum Gasteiger partial charge on any atom is -0.398 e. The van der Waals surface area contributed by atoms with Crippen molar-refractivity contribution in [2.24, 2.45) is 0 Å². The van der Waals surface area contributed by atoms with Crippen molar-refractivity contribution in [2.45, 2.75) is 9.79 Å². The molecule has 1 aromatic heterocycles. The van der Waals surface area contributed by atoms with Crippen molar-refractivity contribution in [2.75, 3.05) is 5.73 Å². The average molecular weight is 287 g/mol. The SMILES string of the molecule is Nc1ccc(Sc2cccc(Cl)c2)c2cnccc12. The van der Waals surface area contributed by atoms with E-state index in [2.05, 4.69) is 4.98 Å². The molecule has 0 saturated carbocycles. The number of nitrogens with zero attached hydrogens (tertiary/aromatic N) is 1. The van der Waals surface area contributed by atoms with Crippen LogP contribution in [0.4, 0.5) is 5.69 Å². The number of hydrogen-bond acceptors (Lipinski definition) is 3. The van der Waals surface area contributed by atoms with E-state index in [-0.39, 0.29) is 0 Å². The monoisotopic (exact) mass is 286 g/mol. The molecule has 0 aliphatic carbocycles. The molecule has 0 bridgehead atoms. The number of fused-ring (bicyclic) bond motifs is 1. The Kier molecular flexibility index (Phi) is 3.32. The van der Waals surface area contributed by atoms with Crippen LogP contribution in [0.1, 0.15) is 0 Å². The van der Waals surface area contributed by atoms with Crippen LogP contribution in [0.3, 0.4) is 0 Å². The number of pyridine rings is 1. The summed E-state index contributed by atoms with van der Waals surface area (Å²) < 4.78 is 0. The van der Waals surface area contributed by atoms with Gasteiger partial charge in [0.15, 0.2) is 0 Å². The number of rotatable bonds is 2. The third kappa shape index (κ3) is 2.53. The van der Waals surface area contributed by atoms with Crippen molar-refractivity contribution in [3.05, 3.63) is 59.9 Å². The second kappa shape index (κ2) is 5.11. The third-order valence-electron chi connectivity index (χ3n) is 2.84. The quantitative estimate of drug-likeness (QED) is 0.699. The smallest absolute Gasteiger partial charge is 0.0417 e. The van der Waals surface area contributed by atoms with Crippen molar-refractivity contribution in [3.63, 3.8) is 0 Å². The van der Waals surface area contributed by atoms with Crippen LogP contribution in [0.25, 0.3) is 10.8 Å².